The van der Waals surface area contributed by atoms with Crippen LogP contribution in [0.15, 0.2) is 0 Å². The first-order valence-corrected chi connectivity index (χ1v) is 7.85. The van der Waals surface area contributed by atoms with E-state index in [9.17, 15) is 0 Å². The molecule has 2 aliphatic heterocycles. The molecule has 0 radical (unpaired) electrons. The van der Waals surface area contributed by atoms with Crippen LogP contribution in [0.5, 0.6) is 0 Å². The molecule has 0 aromatic heterocycles. The summed E-state index contributed by atoms with van der Waals surface area (Å²) in [4.78, 5) is 5.41. The van der Waals surface area contributed by atoms with E-state index in [0.717, 1.165) is 24.5 Å². The standard InChI is InChI=1S/C15H31N3/c1-13(2)11-16-7-6-14(3)18-10-9-17-8-4-5-15(17)12-18/h13-16H,4-12H2,1-3H3. The molecule has 0 aliphatic carbocycles. The zero-order chi connectivity index (χ0) is 13.0. The fourth-order valence-corrected chi connectivity index (χ4v) is 3.30. The second-order valence-corrected chi connectivity index (χ2v) is 6.56. The number of nitrogens with zero attached hydrogens (tertiary/aromatic N) is 2. The van der Waals surface area contributed by atoms with Gasteiger partial charge in [-0.25, -0.2) is 0 Å². The Hall–Kier alpha value is -0.120. The zero-order valence-electron chi connectivity index (χ0n) is 12.5. The van der Waals surface area contributed by atoms with Crippen molar-refractivity contribution in [3.05, 3.63) is 0 Å². The van der Waals surface area contributed by atoms with Crippen molar-refractivity contribution >= 4 is 0 Å². The van der Waals surface area contributed by atoms with Crippen molar-refractivity contribution in [3.8, 4) is 0 Å². The lowest BCUT2D eigenvalue weighted by Gasteiger charge is -2.40. The molecule has 0 amide bonds. The highest BCUT2D eigenvalue weighted by Gasteiger charge is 2.31. The van der Waals surface area contributed by atoms with Gasteiger partial charge in [0, 0.05) is 31.7 Å². The molecule has 2 unspecified atom stereocenters. The summed E-state index contributed by atoms with van der Waals surface area (Å²) in [6, 6.07) is 1.61. The summed E-state index contributed by atoms with van der Waals surface area (Å²) in [7, 11) is 0. The van der Waals surface area contributed by atoms with Gasteiger partial charge in [-0.15, -0.1) is 0 Å². The number of rotatable bonds is 6. The van der Waals surface area contributed by atoms with Crippen molar-refractivity contribution in [3.63, 3.8) is 0 Å². The van der Waals surface area contributed by atoms with Gasteiger partial charge < -0.3 is 5.32 Å². The van der Waals surface area contributed by atoms with E-state index in [4.69, 9.17) is 0 Å². The van der Waals surface area contributed by atoms with Crippen LogP contribution in [0.4, 0.5) is 0 Å². The van der Waals surface area contributed by atoms with E-state index in [2.05, 4.69) is 35.9 Å². The largest absolute Gasteiger partial charge is 0.316 e. The normalized spacial score (nSPS) is 27.7. The number of hydrogen-bond donors (Lipinski definition) is 1. The average molecular weight is 253 g/mol. The Kier molecular flexibility index (Phi) is 5.46. The van der Waals surface area contributed by atoms with Gasteiger partial charge in [0.2, 0.25) is 0 Å². The molecule has 2 rings (SSSR count). The van der Waals surface area contributed by atoms with Gasteiger partial charge in [0.15, 0.2) is 0 Å². The van der Waals surface area contributed by atoms with E-state index in [0.29, 0.717) is 0 Å². The molecule has 0 aromatic carbocycles. The van der Waals surface area contributed by atoms with Crippen LogP contribution in [-0.2, 0) is 0 Å². The van der Waals surface area contributed by atoms with Crippen LogP contribution in [0.1, 0.15) is 40.0 Å². The van der Waals surface area contributed by atoms with Crippen molar-refractivity contribution in [1.82, 2.24) is 15.1 Å². The highest BCUT2D eigenvalue weighted by Crippen LogP contribution is 2.22. The van der Waals surface area contributed by atoms with Crippen molar-refractivity contribution in [1.29, 1.82) is 0 Å². The van der Waals surface area contributed by atoms with Gasteiger partial charge in [-0.3, -0.25) is 9.80 Å². The van der Waals surface area contributed by atoms with Gasteiger partial charge in [0.1, 0.15) is 0 Å². The zero-order valence-corrected chi connectivity index (χ0v) is 12.5. The molecule has 3 heteroatoms. The van der Waals surface area contributed by atoms with Gasteiger partial charge in [-0.05, 0) is 51.7 Å². The third kappa shape index (κ3) is 3.94. The summed E-state index contributed by atoms with van der Waals surface area (Å²) in [6.45, 7) is 14.5. The van der Waals surface area contributed by atoms with Gasteiger partial charge in [0.05, 0.1) is 0 Å². The first-order valence-electron chi connectivity index (χ1n) is 7.85. The molecule has 0 spiro atoms. The van der Waals surface area contributed by atoms with E-state index in [1.807, 2.05) is 0 Å². The fourth-order valence-electron chi connectivity index (χ4n) is 3.30. The van der Waals surface area contributed by atoms with Gasteiger partial charge in [-0.2, -0.15) is 0 Å². The second-order valence-electron chi connectivity index (χ2n) is 6.56. The minimum Gasteiger partial charge on any atom is -0.316 e. The highest BCUT2D eigenvalue weighted by atomic mass is 15.3. The molecule has 0 aromatic rings. The molecule has 18 heavy (non-hydrogen) atoms. The Bertz CT molecular complexity index is 242. The molecular weight excluding hydrogens is 222 g/mol. The summed E-state index contributed by atoms with van der Waals surface area (Å²) in [5.74, 6) is 0.766. The lowest BCUT2D eigenvalue weighted by Crippen LogP contribution is -2.53. The van der Waals surface area contributed by atoms with Crippen LogP contribution in [0.25, 0.3) is 0 Å². The smallest absolute Gasteiger partial charge is 0.0224 e. The van der Waals surface area contributed by atoms with E-state index < -0.39 is 0 Å². The molecule has 106 valence electrons. The lowest BCUT2D eigenvalue weighted by atomic mass is 10.1. The highest BCUT2D eigenvalue weighted by molar-refractivity contribution is 4.88. The molecule has 2 fully saturated rings. The fraction of sp³-hybridized carbons (Fsp3) is 1.00. The maximum absolute atomic E-state index is 3.56. The van der Waals surface area contributed by atoms with E-state index >= 15 is 0 Å². The summed E-state index contributed by atoms with van der Waals surface area (Å²) in [6.07, 6.45) is 4.14. The third-order valence-electron chi connectivity index (χ3n) is 4.53. The molecule has 2 saturated heterocycles. The quantitative estimate of drug-likeness (QED) is 0.728. The van der Waals surface area contributed by atoms with E-state index in [1.165, 1.54) is 52.0 Å². The van der Waals surface area contributed by atoms with Crippen LogP contribution >= 0.6 is 0 Å². The van der Waals surface area contributed by atoms with Crippen molar-refractivity contribution in [2.24, 2.45) is 5.92 Å². The molecular formula is C15H31N3. The lowest BCUT2D eigenvalue weighted by molar-refractivity contribution is 0.0743. The maximum Gasteiger partial charge on any atom is 0.0224 e. The predicted octanol–water partition coefficient (Wildman–Crippen LogP) is 1.79. The summed E-state index contributed by atoms with van der Waals surface area (Å²) in [5.41, 5.74) is 0. The monoisotopic (exact) mass is 253 g/mol. The Balaban J connectivity index is 1.64. The van der Waals surface area contributed by atoms with Gasteiger partial charge >= 0.3 is 0 Å². The number of fused-ring (bicyclic) bond motifs is 1. The van der Waals surface area contributed by atoms with Gasteiger partial charge in [0.25, 0.3) is 0 Å². The average Bonchev–Trinajstić information content (AvgIpc) is 2.81. The molecule has 1 N–H and O–H groups in total. The number of nitrogens with one attached hydrogen (secondary N) is 1. The van der Waals surface area contributed by atoms with E-state index in [1.54, 1.807) is 0 Å². The van der Waals surface area contributed by atoms with Gasteiger partial charge in [-0.1, -0.05) is 13.8 Å². The van der Waals surface area contributed by atoms with Crippen LogP contribution in [0.3, 0.4) is 0 Å². The van der Waals surface area contributed by atoms with Crippen LogP contribution in [0, 0.1) is 5.92 Å². The Labute approximate surface area is 113 Å². The van der Waals surface area contributed by atoms with Crippen LogP contribution < -0.4 is 5.32 Å². The third-order valence-corrected chi connectivity index (χ3v) is 4.53. The van der Waals surface area contributed by atoms with Crippen LogP contribution in [0.2, 0.25) is 0 Å². The van der Waals surface area contributed by atoms with Crippen molar-refractivity contribution in [2.45, 2.75) is 52.1 Å². The number of piperazine rings is 1. The summed E-state index contributed by atoms with van der Waals surface area (Å²) >= 11 is 0. The first kappa shape index (κ1) is 14.3. The molecule has 2 heterocycles. The predicted molar refractivity (Wildman–Crippen MR) is 78.0 cm³/mol. The summed E-state index contributed by atoms with van der Waals surface area (Å²) in [5, 5.41) is 3.56. The van der Waals surface area contributed by atoms with Crippen molar-refractivity contribution in [2.75, 3.05) is 39.3 Å². The molecule has 2 aliphatic rings. The molecule has 0 saturated carbocycles. The minimum absolute atomic E-state index is 0.743. The van der Waals surface area contributed by atoms with Crippen LogP contribution in [-0.4, -0.2) is 61.2 Å². The SMILES string of the molecule is CC(C)CNCCC(C)N1CCN2CCCC2C1. The maximum atomic E-state index is 3.56. The Morgan fingerprint density at radius 3 is 2.78 bits per heavy atom. The minimum atomic E-state index is 0.743. The van der Waals surface area contributed by atoms with Crippen molar-refractivity contribution < 1.29 is 0 Å². The Morgan fingerprint density at radius 2 is 2.00 bits per heavy atom. The Morgan fingerprint density at radius 1 is 1.17 bits per heavy atom. The second kappa shape index (κ2) is 6.88. The first-order chi connectivity index (χ1) is 8.66. The summed E-state index contributed by atoms with van der Waals surface area (Å²) < 4.78 is 0. The molecule has 3 nitrogen and oxygen atoms in total. The topological polar surface area (TPSA) is 18.5 Å². The van der Waals surface area contributed by atoms with E-state index in [-0.39, 0.29) is 0 Å². The molecule has 2 atom stereocenters. The molecule has 0 bridgehead atoms. The number of hydrogen-bond acceptors (Lipinski definition) is 3.